The summed E-state index contributed by atoms with van der Waals surface area (Å²) in [5.74, 6) is 0.0257. The van der Waals surface area contributed by atoms with Gasteiger partial charge in [0.1, 0.15) is 12.5 Å². The first-order valence-corrected chi connectivity index (χ1v) is 15.6. The first kappa shape index (κ1) is 24.9. The molecule has 178 valence electrons. The molecule has 1 aromatic carbocycles. The summed E-state index contributed by atoms with van der Waals surface area (Å²) in [5, 5.41) is 0. The molecule has 0 atom stereocenters. The molecule has 1 heterocycles. The topological polar surface area (TPSA) is 53.1 Å². The lowest BCUT2D eigenvalue weighted by atomic mass is 9.68. The van der Waals surface area contributed by atoms with Gasteiger partial charge in [-0.3, -0.25) is 14.6 Å². The highest BCUT2D eigenvalue weighted by Crippen LogP contribution is 2.48. The van der Waals surface area contributed by atoms with Gasteiger partial charge in [-0.25, -0.2) is 4.79 Å². The molecule has 1 saturated carbocycles. The first-order chi connectivity index (χ1) is 15.0. The molecule has 1 aliphatic carbocycles. The fraction of sp³-hybridized carbons (Fsp3) is 0.680. The Morgan fingerprint density at radius 3 is 2.25 bits per heavy atom. The number of hydrogen-bond donors (Lipinski definition) is 0. The molecule has 32 heavy (non-hydrogen) atoms. The van der Waals surface area contributed by atoms with Crippen LogP contribution < -0.4 is 0 Å². The van der Waals surface area contributed by atoms with E-state index in [0.717, 1.165) is 31.7 Å². The highest BCUT2D eigenvalue weighted by Gasteiger charge is 2.54. The summed E-state index contributed by atoms with van der Waals surface area (Å²) in [6, 6.07) is 11.7. The molecule has 3 rings (SSSR count). The second-order valence-corrected chi connectivity index (χ2v) is 16.8. The maximum absolute atomic E-state index is 13.3. The SMILES string of the molecule is CC(=O)CN1CC2(CCC(c3ccccc3)(N(C)C)CC2)N(COCC[Si](C)(C)C)C1=O. The summed E-state index contributed by atoms with van der Waals surface area (Å²) >= 11 is 0. The average molecular weight is 460 g/mol. The summed E-state index contributed by atoms with van der Waals surface area (Å²) in [4.78, 5) is 31.1. The normalized spacial score (nSPS) is 26.4. The molecule has 1 saturated heterocycles. The third-order valence-electron chi connectivity index (χ3n) is 7.36. The van der Waals surface area contributed by atoms with Crippen molar-refractivity contribution in [1.82, 2.24) is 14.7 Å². The summed E-state index contributed by atoms with van der Waals surface area (Å²) < 4.78 is 6.05. The molecule has 0 bridgehead atoms. The van der Waals surface area contributed by atoms with Crippen LogP contribution in [-0.4, -0.2) is 80.6 Å². The molecule has 2 fully saturated rings. The van der Waals surface area contributed by atoms with Crippen molar-refractivity contribution >= 4 is 19.9 Å². The third-order valence-corrected chi connectivity index (χ3v) is 9.07. The molecule has 7 heteroatoms. The van der Waals surface area contributed by atoms with Crippen molar-refractivity contribution in [3.8, 4) is 0 Å². The van der Waals surface area contributed by atoms with Crippen LogP contribution in [0.3, 0.4) is 0 Å². The van der Waals surface area contributed by atoms with E-state index in [1.54, 1.807) is 11.8 Å². The molecule has 0 radical (unpaired) electrons. The van der Waals surface area contributed by atoms with Crippen LogP contribution in [0.15, 0.2) is 30.3 Å². The monoisotopic (exact) mass is 459 g/mol. The number of carbonyl (C=O) groups is 2. The van der Waals surface area contributed by atoms with Crippen molar-refractivity contribution in [2.45, 2.75) is 69.4 Å². The van der Waals surface area contributed by atoms with Crippen LogP contribution in [-0.2, 0) is 15.1 Å². The van der Waals surface area contributed by atoms with E-state index >= 15 is 0 Å². The minimum atomic E-state index is -1.19. The molecule has 1 aromatic rings. The van der Waals surface area contributed by atoms with E-state index in [-0.39, 0.29) is 29.4 Å². The first-order valence-electron chi connectivity index (χ1n) is 11.9. The molecule has 6 nitrogen and oxygen atoms in total. The second-order valence-electron chi connectivity index (χ2n) is 11.1. The molecule has 2 amide bonds. The smallest absolute Gasteiger partial charge is 0.322 e. The van der Waals surface area contributed by atoms with Crippen molar-refractivity contribution in [2.24, 2.45) is 0 Å². The molecular formula is C25H41N3O3Si. The minimum Gasteiger partial charge on any atom is -0.361 e. The van der Waals surface area contributed by atoms with E-state index in [2.05, 4.69) is 69.0 Å². The van der Waals surface area contributed by atoms with Gasteiger partial charge in [0, 0.05) is 26.8 Å². The van der Waals surface area contributed by atoms with Gasteiger partial charge in [-0.05, 0) is 58.3 Å². The molecular weight excluding hydrogens is 418 g/mol. The number of ether oxygens (including phenoxy) is 1. The highest BCUT2D eigenvalue weighted by atomic mass is 28.3. The van der Waals surface area contributed by atoms with Gasteiger partial charge in [-0.2, -0.15) is 0 Å². The van der Waals surface area contributed by atoms with Gasteiger partial charge in [0.25, 0.3) is 0 Å². The number of ketones is 1. The Balaban J connectivity index is 1.79. The van der Waals surface area contributed by atoms with Crippen molar-refractivity contribution in [3.05, 3.63) is 35.9 Å². The van der Waals surface area contributed by atoms with E-state index in [1.807, 2.05) is 4.90 Å². The van der Waals surface area contributed by atoms with Gasteiger partial charge in [0.05, 0.1) is 12.1 Å². The molecule has 0 aromatic heterocycles. The summed E-state index contributed by atoms with van der Waals surface area (Å²) in [5.41, 5.74) is 1.04. The number of benzene rings is 1. The Morgan fingerprint density at radius 1 is 1.09 bits per heavy atom. The lowest BCUT2D eigenvalue weighted by Gasteiger charge is -2.50. The van der Waals surface area contributed by atoms with Crippen molar-refractivity contribution < 1.29 is 14.3 Å². The lowest BCUT2D eigenvalue weighted by molar-refractivity contribution is -0.117. The van der Waals surface area contributed by atoms with Crippen LogP contribution in [0, 0.1) is 0 Å². The van der Waals surface area contributed by atoms with Crippen LogP contribution in [0.5, 0.6) is 0 Å². The van der Waals surface area contributed by atoms with E-state index < -0.39 is 8.07 Å². The van der Waals surface area contributed by atoms with E-state index in [9.17, 15) is 9.59 Å². The molecule has 1 spiro atoms. The number of nitrogens with zero attached hydrogens (tertiary/aromatic N) is 3. The van der Waals surface area contributed by atoms with Crippen molar-refractivity contribution in [3.63, 3.8) is 0 Å². The second kappa shape index (κ2) is 9.65. The fourth-order valence-corrected chi connectivity index (χ4v) is 6.06. The molecule has 0 unspecified atom stereocenters. The van der Waals surface area contributed by atoms with Gasteiger partial charge in [0.15, 0.2) is 0 Å². The Labute approximate surface area is 194 Å². The van der Waals surface area contributed by atoms with Crippen LogP contribution in [0.1, 0.15) is 38.2 Å². The Morgan fingerprint density at radius 2 is 1.72 bits per heavy atom. The van der Waals surface area contributed by atoms with Gasteiger partial charge in [-0.1, -0.05) is 50.0 Å². The predicted molar refractivity (Wildman–Crippen MR) is 131 cm³/mol. The lowest BCUT2D eigenvalue weighted by Crippen LogP contribution is -2.55. The summed E-state index contributed by atoms with van der Waals surface area (Å²) in [6.45, 7) is 10.4. The van der Waals surface area contributed by atoms with Crippen LogP contribution in [0.25, 0.3) is 0 Å². The molecule has 2 aliphatic rings. The number of Topliss-reactive ketones (excluding diaryl/α,β-unsaturated/α-hetero) is 1. The molecule has 1 aliphatic heterocycles. The predicted octanol–water partition coefficient (Wildman–Crippen LogP) is 4.40. The highest BCUT2D eigenvalue weighted by molar-refractivity contribution is 6.76. The maximum atomic E-state index is 13.3. The number of rotatable bonds is 9. The maximum Gasteiger partial charge on any atom is 0.322 e. The zero-order chi connectivity index (χ0) is 23.6. The zero-order valence-electron chi connectivity index (χ0n) is 20.8. The van der Waals surface area contributed by atoms with Gasteiger partial charge in [0.2, 0.25) is 0 Å². The third kappa shape index (κ3) is 5.26. The van der Waals surface area contributed by atoms with Gasteiger partial charge < -0.3 is 9.64 Å². The van der Waals surface area contributed by atoms with Crippen LogP contribution >= 0.6 is 0 Å². The largest absolute Gasteiger partial charge is 0.361 e. The van der Waals surface area contributed by atoms with Crippen molar-refractivity contribution in [2.75, 3.05) is 40.5 Å². The number of urea groups is 1. The average Bonchev–Trinajstić information content (AvgIpc) is 2.96. The van der Waals surface area contributed by atoms with Crippen LogP contribution in [0.4, 0.5) is 4.79 Å². The van der Waals surface area contributed by atoms with E-state index in [1.165, 1.54) is 5.56 Å². The van der Waals surface area contributed by atoms with E-state index in [0.29, 0.717) is 19.9 Å². The standard InChI is InChI=1S/C25H41N3O3Si/c1-21(29)18-27-19-24(28(23(27)30)20-31-16-17-32(4,5)6)12-14-25(15-13-24,26(2)3)22-10-8-7-9-11-22/h7-11H,12-20H2,1-6H3. The Kier molecular flexibility index (Phi) is 7.52. The summed E-state index contributed by atoms with van der Waals surface area (Å²) in [7, 11) is 3.12. The van der Waals surface area contributed by atoms with Gasteiger partial charge in [-0.15, -0.1) is 0 Å². The fourth-order valence-electron chi connectivity index (χ4n) is 5.30. The summed E-state index contributed by atoms with van der Waals surface area (Å²) in [6.07, 6.45) is 3.74. The number of carbonyl (C=O) groups excluding carboxylic acids is 2. The quantitative estimate of drug-likeness (QED) is 0.406. The number of hydrogen-bond acceptors (Lipinski definition) is 4. The van der Waals surface area contributed by atoms with Crippen LogP contribution in [0.2, 0.25) is 25.7 Å². The van der Waals surface area contributed by atoms with E-state index in [4.69, 9.17) is 4.74 Å². The molecule has 0 N–H and O–H groups in total. The number of amides is 2. The minimum absolute atomic E-state index is 0.0257. The Hall–Kier alpha value is -1.70. The van der Waals surface area contributed by atoms with Gasteiger partial charge >= 0.3 is 6.03 Å². The Bertz CT molecular complexity index is 798. The zero-order valence-corrected chi connectivity index (χ0v) is 21.8. The van der Waals surface area contributed by atoms with Crippen molar-refractivity contribution in [1.29, 1.82) is 0 Å².